The summed E-state index contributed by atoms with van der Waals surface area (Å²) in [4.78, 5) is 11.1. The number of ether oxygens (including phenoxy) is 1. The van der Waals surface area contributed by atoms with Crippen molar-refractivity contribution in [1.82, 2.24) is 0 Å². The molecule has 0 spiro atoms. The molecule has 0 fully saturated rings. The molecule has 0 aromatic heterocycles. The number of aliphatic carboxylic acids is 1. The standard InChI is InChI=1S/C10H13F3O6S/c1-8(2)4-6(5-9(3,19-8)7(14)15)18-20(16,17)10(11,12)13/h5H,4H2,1-3H3,(H,14,15). The molecule has 1 N–H and O–H groups in total. The van der Waals surface area contributed by atoms with Crippen LogP contribution in [0.15, 0.2) is 11.8 Å². The molecule has 116 valence electrons. The van der Waals surface area contributed by atoms with Crippen molar-refractivity contribution in [3.05, 3.63) is 11.8 Å². The Morgan fingerprint density at radius 1 is 1.40 bits per heavy atom. The summed E-state index contributed by atoms with van der Waals surface area (Å²) in [5.74, 6) is -2.10. The van der Waals surface area contributed by atoms with Crippen LogP contribution in [0.5, 0.6) is 0 Å². The molecule has 1 rings (SSSR count). The highest BCUT2D eigenvalue weighted by atomic mass is 32.2. The molecule has 10 heteroatoms. The molecule has 0 aliphatic carbocycles. The largest absolute Gasteiger partial charge is 0.534 e. The maximum Gasteiger partial charge on any atom is 0.534 e. The van der Waals surface area contributed by atoms with Crippen LogP contribution >= 0.6 is 0 Å². The van der Waals surface area contributed by atoms with Gasteiger partial charge in [0.1, 0.15) is 5.76 Å². The number of carbonyl (C=O) groups is 1. The van der Waals surface area contributed by atoms with Crippen molar-refractivity contribution in [2.24, 2.45) is 0 Å². The van der Waals surface area contributed by atoms with Crippen molar-refractivity contribution in [3.8, 4) is 0 Å². The number of carboxylic acid groups (broad SMARTS) is 1. The van der Waals surface area contributed by atoms with Gasteiger partial charge in [0.25, 0.3) is 0 Å². The maximum atomic E-state index is 12.2. The Hall–Kier alpha value is -1.29. The zero-order valence-corrected chi connectivity index (χ0v) is 11.6. The second-order valence-electron chi connectivity index (χ2n) is 5.04. The molecule has 6 nitrogen and oxygen atoms in total. The van der Waals surface area contributed by atoms with E-state index in [1.165, 1.54) is 13.8 Å². The Morgan fingerprint density at radius 2 is 1.90 bits per heavy atom. The van der Waals surface area contributed by atoms with Crippen LogP contribution in [0, 0.1) is 0 Å². The van der Waals surface area contributed by atoms with Crippen LogP contribution in [0.2, 0.25) is 0 Å². The third-order valence-corrected chi connectivity index (χ3v) is 3.45. The molecular weight excluding hydrogens is 305 g/mol. The van der Waals surface area contributed by atoms with Gasteiger partial charge in [-0.1, -0.05) is 0 Å². The SMILES string of the molecule is CC1(C)CC(OS(=O)(=O)C(F)(F)F)=CC(C)(C(=O)O)O1. The monoisotopic (exact) mass is 318 g/mol. The number of hydrogen-bond acceptors (Lipinski definition) is 5. The number of carboxylic acids is 1. The van der Waals surface area contributed by atoms with E-state index in [1.54, 1.807) is 0 Å². The lowest BCUT2D eigenvalue weighted by molar-refractivity contribution is -0.177. The quantitative estimate of drug-likeness (QED) is 0.630. The van der Waals surface area contributed by atoms with Crippen molar-refractivity contribution >= 4 is 16.1 Å². The topological polar surface area (TPSA) is 89.9 Å². The van der Waals surface area contributed by atoms with Crippen molar-refractivity contribution in [3.63, 3.8) is 0 Å². The van der Waals surface area contributed by atoms with E-state index in [9.17, 15) is 26.4 Å². The first-order valence-electron chi connectivity index (χ1n) is 5.35. The molecule has 1 aliphatic rings. The minimum absolute atomic E-state index is 0.314. The van der Waals surface area contributed by atoms with Crippen LogP contribution in [-0.4, -0.2) is 36.2 Å². The highest BCUT2D eigenvalue weighted by Gasteiger charge is 2.51. The Kier molecular flexibility index (Phi) is 3.87. The summed E-state index contributed by atoms with van der Waals surface area (Å²) in [6, 6.07) is 0. The van der Waals surface area contributed by atoms with Crippen molar-refractivity contribution < 1.29 is 40.4 Å². The molecule has 1 unspecified atom stereocenters. The van der Waals surface area contributed by atoms with Crippen LogP contribution in [0.4, 0.5) is 13.2 Å². The van der Waals surface area contributed by atoms with Gasteiger partial charge < -0.3 is 14.0 Å². The smallest absolute Gasteiger partial charge is 0.479 e. The van der Waals surface area contributed by atoms with Crippen LogP contribution in [0.1, 0.15) is 27.2 Å². The van der Waals surface area contributed by atoms with Gasteiger partial charge in [-0.3, -0.25) is 0 Å². The highest BCUT2D eigenvalue weighted by molar-refractivity contribution is 7.87. The van der Waals surface area contributed by atoms with Gasteiger partial charge in [-0.15, -0.1) is 0 Å². The van der Waals surface area contributed by atoms with Crippen LogP contribution in [0.25, 0.3) is 0 Å². The van der Waals surface area contributed by atoms with Gasteiger partial charge in [0.05, 0.1) is 5.60 Å². The number of alkyl halides is 3. The van der Waals surface area contributed by atoms with Crippen molar-refractivity contribution in [1.29, 1.82) is 0 Å². The van der Waals surface area contributed by atoms with Crippen LogP contribution in [-0.2, 0) is 23.8 Å². The molecule has 0 aromatic rings. The van der Waals surface area contributed by atoms with Gasteiger partial charge in [-0.2, -0.15) is 21.6 Å². The molecular formula is C10H13F3O6S. The predicted molar refractivity (Wildman–Crippen MR) is 60.0 cm³/mol. The first-order chi connectivity index (χ1) is 8.69. The number of halogens is 3. The first-order valence-corrected chi connectivity index (χ1v) is 6.75. The molecule has 0 amide bonds. The van der Waals surface area contributed by atoms with E-state index in [1.807, 2.05) is 0 Å². The van der Waals surface area contributed by atoms with Gasteiger partial charge >= 0.3 is 21.6 Å². The van der Waals surface area contributed by atoms with E-state index >= 15 is 0 Å². The summed E-state index contributed by atoms with van der Waals surface area (Å²) < 4.78 is 67.8. The van der Waals surface area contributed by atoms with Gasteiger partial charge in [-0.05, 0) is 26.8 Å². The van der Waals surface area contributed by atoms with Crippen molar-refractivity contribution in [2.45, 2.75) is 43.9 Å². The van der Waals surface area contributed by atoms with Crippen molar-refractivity contribution in [2.75, 3.05) is 0 Å². The summed E-state index contributed by atoms with van der Waals surface area (Å²) in [6.45, 7) is 3.90. The van der Waals surface area contributed by atoms with Gasteiger partial charge in [0.15, 0.2) is 5.60 Å². The van der Waals surface area contributed by atoms with Gasteiger partial charge in [0.2, 0.25) is 0 Å². The van der Waals surface area contributed by atoms with Crippen LogP contribution in [0.3, 0.4) is 0 Å². The fraction of sp³-hybridized carbons (Fsp3) is 0.700. The zero-order chi connectivity index (χ0) is 16.0. The summed E-state index contributed by atoms with van der Waals surface area (Å²) in [5, 5.41) is 9.01. The van der Waals surface area contributed by atoms with E-state index < -0.39 is 38.6 Å². The number of hydrogen-bond donors (Lipinski definition) is 1. The molecule has 1 atom stereocenters. The molecule has 0 aromatic carbocycles. The lowest BCUT2D eigenvalue weighted by atomic mass is 9.93. The molecule has 0 saturated heterocycles. The average Bonchev–Trinajstić information content (AvgIpc) is 2.10. The van der Waals surface area contributed by atoms with E-state index in [4.69, 9.17) is 9.84 Å². The summed E-state index contributed by atoms with van der Waals surface area (Å²) >= 11 is 0. The number of rotatable bonds is 3. The Morgan fingerprint density at radius 3 is 2.30 bits per heavy atom. The zero-order valence-electron chi connectivity index (χ0n) is 10.8. The van der Waals surface area contributed by atoms with E-state index in [0.29, 0.717) is 6.08 Å². The van der Waals surface area contributed by atoms with Gasteiger partial charge in [0, 0.05) is 6.42 Å². The lowest BCUT2D eigenvalue weighted by Gasteiger charge is -2.38. The second kappa shape index (κ2) is 4.62. The van der Waals surface area contributed by atoms with E-state index in [2.05, 4.69) is 4.18 Å². The third-order valence-electron chi connectivity index (χ3n) is 2.45. The maximum absolute atomic E-state index is 12.2. The summed E-state index contributed by atoms with van der Waals surface area (Å²) in [6.07, 6.45) is 0.398. The minimum atomic E-state index is -5.84. The minimum Gasteiger partial charge on any atom is -0.479 e. The highest BCUT2D eigenvalue weighted by Crippen LogP contribution is 2.37. The molecule has 1 heterocycles. The molecule has 20 heavy (non-hydrogen) atoms. The fourth-order valence-electron chi connectivity index (χ4n) is 1.76. The Labute approximate surface area is 113 Å². The lowest BCUT2D eigenvalue weighted by Crippen LogP contribution is -2.48. The first kappa shape index (κ1) is 16.8. The third kappa shape index (κ3) is 3.42. The van der Waals surface area contributed by atoms with E-state index in [0.717, 1.165) is 6.92 Å². The van der Waals surface area contributed by atoms with Gasteiger partial charge in [-0.25, -0.2) is 4.79 Å². The van der Waals surface area contributed by atoms with E-state index in [-0.39, 0.29) is 6.42 Å². The second-order valence-corrected chi connectivity index (χ2v) is 6.58. The molecule has 0 bridgehead atoms. The fourth-order valence-corrected chi connectivity index (χ4v) is 2.25. The molecule has 0 radical (unpaired) electrons. The van der Waals surface area contributed by atoms with Crippen LogP contribution < -0.4 is 0 Å². The summed E-state index contributed by atoms with van der Waals surface area (Å²) in [5.41, 5.74) is -8.76. The predicted octanol–water partition coefficient (Wildman–Crippen LogP) is 1.78. The molecule has 1 aliphatic heterocycles. The average molecular weight is 318 g/mol. The molecule has 0 saturated carbocycles. The Bertz CT molecular complexity index is 548. The Balaban J connectivity index is 3.18. The summed E-state index contributed by atoms with van der Waals surface area (Å²) in [7, 11) is -5.84. The normalized spacial score (nSPS) is 26.8.